The molecule has 0 bridgehead atoms. The highest BCUT2D eigenvalue weighted by Gasteiger charge is 2.27. The molecule has 0 fully saturated rings. The van der Waals surface area contributed by atoms with Gasteiger partial charge in [-0.25, -0.2) is 0 Å². The molecule has 0 saturated carbocycles. The fourth-order valence-corrected chi connectivity index (χ4v) is 2.88. The summed E-state index contributed by atoms with van der Waals surface area (Å²) in [7, 11) is 0. The number of aryl methyl sites for hydroxylation is 2. The van der Waals surface area contributed by atoms with Crippen LogP contribution in [-0.4, -0.2) is 42.9 Å². The number of anilines is 2. The Kier molecular flexibility index (Phi) is 5.64. The van der Waals surface area contributed by atoms with E-state index >= 15 is 0 Å². The van der Waals surface area contributed by atoms with E-state index < -0.39 is 0 Å². The minimum atomic E-state index is -0.0537. The molecule has 0 spiro atoms. The Bertz CT molecular complexity index is 592. The Balaban J connectivity index is 2.24. The molecule has 0 aliphatic carbocycles. The average Bonchev–Trinajstić information content (AvgIpc) is 2.51. The number of fused-ring (bicyclic) bond motifs is 1. The predicted octanol–water partition coefficient (Wildman–Crippen LogP) is 2.71. The van der Waals surface area contributed by atoms with E-state index in [1.165, 1.54) is 5.56 Å². The molecule has 1 aromatic rings. The van der Waals surface area contributed by atoms with Crippen molar-refractivity contribution >= 4 is 23.2 Å². The van der Waals surface area contributed by atoms with Gasteiger partial charge in [-0.2, -0.15) is 0 Å². The number of hydrogen-bond donors (Lipinski definition) is 1. The molecule has 2 rings (SSSR count). The number of nitrogens with zero attached hydrogens (tertiary/aromatic N) is 2. The summed E-state index contributed by atoms with van der Waals surface area (Å²) < 4.78 is 0. The van der Waals surface area contributed by atoms with E-state index in [1.807, 2.05) is 30.9 Å². The average molecular weight is 317 g/mol. The van der Waals surface area contributed by atoms with Crippen LogP contribution in [0.3, 0.4) is 0 Å². The molecule has 23 heavy (non-hydrogen) atoms. The molecule has 1 aliphatic rings. The summed E-state index contributed by atoms with van der Waals surface area (Å²) in [5, 5.41) is 3.15. The van der Waals surface area contributed by atoms with Crippen LogP contribution in [0.1, 0.15) is 37.8 Å². The van der Waals surface area contributed by atoms with E-state index in [0.717, 1.165) is 42.9 Å². The normalized spacial score (nSPS) is 13.6. The third-order valence-corrected chi connectivity index (χ3v) is 4.27. The van der Waals surface area contributed by atoms with E-state index in [9.17, 15) is 9.59 Å². The lowest BCUT2D eigenvalue weighted by atomic mass is 10.1. The van der Waals surface area contributed by atoms with E-state index in [-0.39, 0.29) is 24.9 Å². The van der Waals surface area contributed by atoms with Crippen LogP contribution in [0.25, 0.3) is 0 Å². The molecule has 1 aliphatic heterocycles. The lowest BCUT2D eigenvalue weighted by molar-refractivity contribution is -0.131. The maximum absolute atomic E-state index is 12.6. The zero-order valence-electron chi connectivity index (χ0n) is 14.6. The lowest BCUT2D eigenvalue weighted by Gasteiger charge is -2.32. The van der Waals surface area contributed by atoms with Crippen LogP contribution in [0.2, 0.25) is 0 Å². The molecule has 0 saturated heterocycles. The minimum absolute atomic E-state index is 0.0214. The van der Waals surface area contributed by atoms with Gasteiger partial charge in [-0.3, -0.25) is 14.5 Å². The van der Waals surface area contributed by atoms with Crippen molar-refractivity contribution in [2.75, 3.05) is 36.4 Å². The van der Waals surface area contributed by atoms with Gasteiger partial charge < -0.3 is 10.2 Å². The third-order valence-electron chi connectivity index (χ3n) is 4.27. The molecule has 5 nitrogen and oxygen atoms in total. The summed E-state index contributed by atoms with van der Waals surface area (Å²) in [4.78, 5) is 28.4. The van der Waals surface area contributed by atoms with Crippen molar-refractivity contribution in [3.8, 4) is 0 Å². The zero-order valence-corrected chi connectivity index (χ0v) is 14.6. The van der Waals surface area contributed by atoms with Crippen molar-refractivity contribution in [3.63, 3.8) is 0 Å². The molecule has 1 N–H and O–H groups in total. The van der Waals surface area contributed by atoms with Crippen molar-refractivity contribution in [2.45, 2.75) is 40.5 Å². The van der Waals surface area contributed by atoms with E-state index in [4.69, 9.17) is 0 Å². The fraction of sp³-hybridized carbons (Fsp3) is 0.556. The second-order valence-corrected chi connectivity index (χ2v) is 6.17. The molecule has 1 heterocycles. The highest BCUT2D eigenvalue weighted by molar-refractivity contribution is 6.06. The molecule has 0 unspecified atom stereocenters. The van der Waals surface area contributed by atoms with Gasteiger partial charge in [-0.15, -0.1) is 0 Å². The molecule has 0 aromatic heterocycles. The maximum atomic E-state index is 12.6. The number of rotatable bonds is 6. The number of carbonyl (C=O) groups is 2. The highest BCUT2D eigenvalue weighted by atomic mass is 16.2. The van der Waals surface area contributed by atoms with Crippen molar-refractivity contribution in [1.29, 1.82) is 0 Å². The number of nitrogens with one attached hydrogen (secondary N) is 1. The van der Waals surface area contributed by atoms with Gasteiger partial charge in [0.2, 0.25) is 11.8 Å². The monoisotopic (exact) mass is 317 g/mol. The lowest BCUT2D eigenvalue weighted by Crippen LogP contribution is -2.47. The largest absolute Gasteiger partial charge is 0.374 e. The van der Waals surface area contributed by atoms with Crippen molar-refractivity contribution in [2.24, 2.45) is 0 Å². The van der Waals surface area contributed by atoms with Crippen LogP contribution in [-0.2, 0) is 9.59 Å². The SMILES string of the molecule is CCCN(CCC)C(=O)CN1C(=O)CNc2cc(C)c(C)cc21. The summed E-state index contributed by atoms with van der Waals surface area (Å²) in [6, 6.07) is 4.04. The topological polar surface area (TPSA) is 52.7 Å². The van der Waals surface area contributed by atoms with Gasteiger partial charge in [0.1, 0.15) is 6.54 Å². The Morgan fingerprint density at radius 3 is 2.39 bits per heavy atom. The van der Waals surface area contributed by atoms with Gasteiger partial charge in [0.15, 0.2) is 0 Å². The minimum Gasteiger partial charge on any atom is -0.374 e. The number of hydrogen-bond acceptors (Lipinski definition) is 3. The highest BCUT2D eigenvalue weighted by Crippen LogP contribution is 2.32. The number of benzene rings is 1. The molecule has 0 atom stereocenters. The van der Waals surface area contributed by atoms with E-state index in [2.05, 4.69) is 19.2 Å². The Hall–Kier alpha value is -2.04. The Labute approximate surface area is 138 Å². The van der Waals surface area contributed by atoms with Gasteiger partial charge in [0, 0.05) is 13.1 Å². The van der Waals surface area contributed by atoms with Gasteiger partial charge in [0.05, 0.1) is 17.9 Å². The Morgan fingerprint density at radius 2 is 1.78 bits per heavy atom. The van der Waals surface area contributed by atoms with Gasteiger partial charge >= 0.3 is 0 Å². The molecule has 5 heteroatoms. The second kappa shape index (κ2) is 7.49. The maximum Gasteiger partial charge on any atom is 0.246 e. The van der Waals surface area contributed by atoms with Gasteiger partial charge in [0.25, 0.3) is 0 Å². The van der Waals surface area contributed by atoms with Crippen LogP contribution < -0.4 is 10.2 Å². The summed E-state index contributed by atoms with van der Waals surface area (Å²) in [6.07, 6.45) is 1.85. The van der Waals surface area contributed by atoms with E-state index in [1.54, 1.807) is 4.90 Å². The summed E-state index contributed by atoms with van der Waals surface area (Å²) in [5.74, 6) is -0.0322. The Morgan fingerprint density at radius 1 is 1.17 bits per heavy atom. The molecule has 0 radical (unpaired) electrons. The van der Waals surface area contributed by atoms with Gasteiger partial charge in [-0.1, -0.05) is 13.8 Å². The first-order valence-corrected chi connectivity index (χ1v) is 8.41. The molecular weight excluding hydrogens is 290 g/mol. The summed E-state index contributed by atoms with van der Waals surface area (Å²) in [5.41, 5.74) is 4.04. The van der Waals surface area contributed by atoms with Crippen molar-refractivity contribution in [3.05, 3.63) is 23.3 Å². The second-order valence-electron chi connectivity index (χ2n) is 6.17. The molecular formula is C18H27N3O2. The van der Waals surface area contributed by atoms with Gasteiger partial charge in [-0.05, 0) is 49.9 Å². The quantitative estimate of drug-likeness (QED) is 0.877. The number of amides is 2. The first-order chi connectivity index (χ1) is 11.0. The van der Waals surface area contributed by atoms with Crippen molar-refractivity contribution < 1.29 is 9.59 Å². The summed E-state index contributed by atoms with van der Waals surface area (Å²) >= 11 is 0. The molecule has 2 amide bonds. The van der Waals surface area contributed by atoms with Crippen LogP contribution in [0.4, 0.5) is 11.4 Å². The molecule has 1 aromatic carbocycles. The zero-order chi connectivity index (χ0) is 17.0. The fourth-order valence-electron chi connectivity index (χ4n) is 2.88. The first kappa shape index (κ1) is 17.3. The van der Waals surface area contributed by atoms with Crippen molar-refractivity contribution in [1.82, 2.24) is 4.90 Å². The van der Waals surface area contributed by atoms with Crippen LogP contribution in [0.5, 0.6) is 0 Å². The predicted molar refractivity (Wildman–Crippen MR) is 93.9 cm³/mol. The van der Waals surface area contributed by atoms with E-state index in [0.29, 0.717) is 0 Å². The van der Waals surface area contributed by atoms with Crippen LogP contribution >= 0.6 is 0 Å². The van der Waals surface area contributed by atoms with Crippen LogP contribution in [0, 0.1) is 13.8 Å². The summed E-state index contributed by atoms with van der Waals surface area (Å²) in [6.45, 7) is 10.0. The first-order valence-electron chi connectivity index (χ1n) is 8.41. The molecule has 126 valence electrons. The number of carbonyl (C=O) groups excluding carboxylic acids is 2. The smallest absolute Gasteiger partial charge is 0.246 e. The standard InChI is InChI=1S/C18H27N3O2/c1-5-7-20(8-6-2)18(23)12-21-16-10-14(4)13(3)9-15(16)19-11-17(21)22/h9-10,19H,5-8,11-12H2,1-4H3. The van der Waals surface area contributed by atoms with Crippen LogP contribution in [0.15, 0.2) is 12.1 Å². The third kappa shape index (κ3) is 3.84.